The molecular formula is C17H30O3. The Balaban J connectivity index is 3.17. The highest BCUT2D eigenvalue weighted by Crippen LogP contribution is 2.01. The Morgan fingerprint density at radius 1 is 1.00 bits per heavy atom. The van der Waals surface area contributed by atoms with E-state index in [1.807, 2.05) is 6.08 Å². The van der Waals surface area contributed by atoms with Gasteiger partial charge in [0.05, 0.1) is 6.61 Å². The van der Waals surface area contributed by atoms with E-state index in [2.05, 4.69) is 25.2 Å². The highest BCUT2D eigenvalue weighted by Gasteiger charge is 1.95. The van der Waals surface area contributed by atoms with Gasteiger partial charge in [-0.1, -0.05) is 50.5 Å². The summed E-state index contributed by atoms with van der Waals surface area (Å²) < 4.78 is 5.44. The maximum atomic E-state index is 10.3. The van der Waals surface area contributed by atoms with E-state index in [0.717, 1.165) is 32.3 Å². The van der Waals surface area contributed by atoms with Gasteiger partial charge in [-0.3, -0.25) is 4.79 Å². The molecule has 0 radical (unpaired) electrons. The first-order chi connectivity index (χ1) is 9.77. The lowest BCUT2D eigenvalue weighted by Crippen LogP contribution is -1.97. The van der Waals surface area contributed by atoms with E-state index in [4.69, 9.17) is 9.84 Å². The van der Waals surface area contributed by atoms with Crippen molar-refractivity contribution < 1.29 is 14.6 Å². The Labute approximate surface area is 123 Å². The molecule has 116 valence electrons. The minimum Gasteiger partial charge on any atom is -0.481 e. The number of carboxylic acid groups (broad SMARTS) is 1. The monoisotopic (exact) mass is 282 g/mol. The van der Waals surface area contributed by atoms with Gasteiger partial charge >= 0.3 is 5.97 Å². The van der Waals surface area contributed by atoms with E-state index >= 15 is 0 Å². The Morgan fingerprint density at radius 3 is 2.55 bits per heavy atom. The molecular weight excluding hydrogens is 252 g/mol. The first-order valence-corrected chi connectivity index (χ1v) is 7.87. The van der Waals surface area contributed by atoms with Crippen LogP contribution in [0.4, 0.5) is 0 Å². The van der Waals surface area contributed by atoms with Gasteiger partial charge in [-0.05, 0) is 32.1 Å². The van der Waals surface area contributed by atoms with Crippen molar-refractivity contribution in [3.05, 3.63) is 24.3 Å². The number of carboxylic acids is 1. The average Bonchev–Trinajstić information content (AvgIpc) is 2.43. The number of ether oxygens (including phenoxy) is 1. The second-order valence-electron chi connectivity index (χ2n) is 4.95. The van der Waals surface area contributed by atoms with Crippen LogP contribution in [-0.2, 0) is 9.53 Å². The van der Waals surface area contributed by atoms with Gasteiger partial charge in [-0.15, -0.1) is 0 Å². The molecule has 0 bridgehead atoms. The first kappa shape index (κ1) is 18.9. The molecule has 0 fully saturated rings. The molecule has 0 saturated carbocycles. The number of allylic oxidation sites excluding steroid dienone is 3. The van der Waals surface area contributed by atoms with Crippen LogP contribution in [-0.4, -0.2) is 24.3 Å². The number of aliphatic carboxylic acids is 1. The maximum absolute atomic E-state index is 10.3. The van der Waals surface area contributed by atoms with Crippen LogP contribution in [0, 0.1) is 0 Å². The molecule has 3 nitrogen and oxygen atoms in total. The van der Waals surface area contributed by atoms with Crippen LogP contribution in [0.25, 0.3) is 0 Å². The predicted molar refractivity (Wildman–Crippen MR) is 84.0 cm³/mol. The van der Waals surface area contributed by atoms with Gasteiger partial charge in [0.1, 0.15) is 0 Å². The average molecular weight is 282 g/mol. The molecule has 0 aromatic carbocycles. The molecule has 0 unspecified atom stereocenters. The Kier molecular flexibility index (Phi) is 15.1. The van der Waals surface area contributed by atoms with Gasteiger partial charge < -0.3 is 9.84 Å². The number of carbonyl (C=O) groups is 1. The van der Waals surface area contributed by atoms with E-state index < -0.39 is 5.97 Å². The van der Waals surface area contributed by atoms with Gasteiger partial charge in [-0.2, -0.15) is 0 Å². The lowest BCUT2D eigenvalue weighted by atomic mass is 10.2. The molecule has 0 rings (SSSR count). The first-order valence-electron chi connectivity index (χ1n) is 7.87. The van der Waals surface area contributed by atoms with Gasteiger partial charge in [-0.25, -0.2) is 0 Å². The van der Waals surface area contributed by atoms with Crippen molar-refractivity contribution in [2.75, 3.05) is 13.2 Å². The summed E-state index contributed by atoms with van der Waals surface area (Å²) in [5, 5.41) is 8.47. The van der Waals surface area contributed by atoms with Crippen LogP contribution >= 0.6 is 0 Å². The van der Waals surface area contributed by atoms with E-state index in [-0.39, 0.29) is 6.42 Å². The summed E-state index contributed by atoms with van der Waals surface area (Å²) in [5.74, 6) is -0.711. The molecule has 1 N–H and O–H groups in total. The zero-order valence-corrected chi connectivity index (χ0v) is 12.9. The van der Waals surface area contributed by atoms with Crippen molar-refractivity contribution in [3.63, 3.8) is 0 Å². The summed E-state index contributed by atoms with van der Waals surface area (Å²) in [6.45, 7) is 3.60. The Hall–Kier alpha value is -1.09. The molecule has 0 aromatic heterocycles. The molecule has 0 aromatic rings. The summed E-state index contributed by atoms with van der Waals surface area (Å²) in [4.78, 5) is 10.3. The van der Waals surface area contributed by atoms with Gasteiger partial charge in [0.15, 0.2) is 0 Å². The number of hydrogen-bond acceptors (Lipinski definition) is 2. The van der Waals surface area contributed by atoms with E-state index in [1.165, 1.54) is 25.7 Å². The molecule has 20 heavy (non-hydrogen) atoms. The topological polar surface area (TPSA) is 46.5 Å². The van der Waals surface area contributed by atoms with Crippen LogP contribution in [0.3, 0.4) is 0 Å². The van der Waals surface area contributed by atoms with Gasteiger partial charge in [0.2, 0.25) is 0 Å². The second-order valence-corrected chi connectivity index (χ2v) is 4.95. The van der Waals surface area contributed by atoms with Crippen molar-refractivity contribution >= 4 is 5.97 Å². The molecule has 0 heterocycles. The third kappa shape index (κ3) is 16.9. The zero-order valence-electron chi connectivity index (χ0n) is 12.9. The van der Waals surface area contributed by atoms with Crippen LogP contribution in [0.15, 0.2) is 24.3 Å². The molecule has 0 saturated heterocycles. The fourth-order valence-electron chi connectivity index (χ4n) is 1.78. The van der Waals surface area contributed by atoms with Crippen molar-refractivity contribution in [1.29, 1.82) is 0 Å². The summed E-state index contributed by atoms with van der Waals surface area (Å²) in [5.41, 5.74) is 0. The van der Waals surface area contributed by atoms with E-state index in [9.17, 15) is 4.79 Å². The fraction of sp³-hybridized carbons (Fsp3) is 0.706. The SMILES string of the molecule is CCCCC/C=C/C/C=C/COCCCCCC(=O)O. The largest absolute Gasteiger partial charge is 0.481 e. The predicted octanol–water partition coefficient (Wildman–Crippen LogP) is 4.73. The highest BCUT2D eigenvalue weighted by molar-refractivity contribution is 5.66. The number of unbranched alkanes of at least 4 members (excludes halogenated alkanes) is 5. The minimum absolute atomic E-state index is 0.268. The fourth-order valence-corrected chi connectivity index (χ4v) is 1.78. The molecule has 0 aliphatic heterocycles. The van der Waals surface area contributed by atoms with Crippen molar-refractivity contribution in [2.45, 2.75) is 64.7 Å². The highest BCUT2D eigenvalue weighted by atomic mass is 16.5. The van der Waals surface area contributed by atoms with Gasteiger partial charge in [0.25, 0.3) is 0 Å². The van der Waals surface area contributed by atoms with E-state index in [1.54, 1.807) is 0 Å². The van der Waals surface area contributed by atoms with E-state index in [0.29, 0.717) is 6.61 Å². The van der Waals surface area contributed by atoms with Crippen LogP contribution < -0.4 is 0 Å². The summed E-state index contributed by atoms with van der Waals surface area (Å²) in [6, 6.07) is 0. The Morgan fingerprint density at radius 2 is 1.80 bits per heavy atom. The lowest BCUT2D eigenvalue weighted by molar-refractivity contribution is -0.137. The van der Waals surface area contributed by atoms with Crippen LogP contribution in [0.5, 0.6) is 0 Å². The lowest BCUT2D eigenvalue weighted by Gasteiger charge is -2.00. The number of hydrogen-bond donors (Lipinski definition) is 1. The minimum atomic E-state index is -0.711. The second kappa shape index (κ2) is 16.0. The summed E-state index contributed by atoms with van der Waals surface area (Å²) >= 11 is 0. The smallest absolute Gasteiger partial charge is 0.303 e. The molecule has 3 heteroatoms. The summed E-state index contributed by atoms with van der Waals surface area (Å²) in [7, 11) is 0. The third-order valence-corrected chi connectivity index (χ3v) is 2.97. The van der Waals surface area contributed by atoms with Gasteiger partial charge in [0, 0.05) is 13.0 Å². The molecule has 0 atom stereocenters. The Bertz CT molecular complexity index is 269. The maximum Gasteiger partial charge on any atom is 0.303 e. The van der Waals surface area contributed by atoms with Crippen LogP contribution in [0.2, 0.25) is 0 Å². The molecule has 0 aliphatic carbocycles. The number of rotatable bonds is 14. The molecule has 0 aliphatic rings. The third-order valence-electron chi connectivity index (χ3n) is 2.97. The molecule has 0 spiro atoms. The van der Waals surface area contributed by atoms with Crippen molar-refractivity contribution in [1.82, 2.24) is 0 Å². The van der Waals surface area contributed by atoms with Crippen molar-refractivity contribution in [2.24, 2.45) is 0 Å². The molecule has 0 amide bonds. The van der Waals surface area contributed by atoms with Crippen molar-refractivity contribution in [3.8, 4) is 0 Å². The normalized spacial score (nSPS) is 11.7. The standard InChI is InChI=1S/C17H30O3/c1-2-3-4-5-6-7-8-9-12-15-20-16-13-10-11-14-17(18)19/h6-7,9,12H,2-5,8,10-11,13-16H2,1H3,(H,18,19)/b7-6+,12-9+. The van der Waals surface area contributed by atoms with Crippen LogP contribution in [0.1, 0.15) is 64.7 Å². The quantitative estimate of drug-likeness (QED) is 0.370. The zero-order chi connectivity index (χ0) is 14.9. The summed E-state index contributed by atoms with van der Waals surface area (Å²) in [6.07, 6.45) is 17.6.